The average Bonchev–Trinajstić information content (AvgIpc) is 2.89. The van der Waals surface area contributed by atoms with E-state index in [0.717, 1.165) is 48.0 Å². The number of hydrogen-bond donors (Lipinski definition) is 0. The van der Waals surface area contributed by atoms with Crippen molar-refractivity contribution in [1.29, 1.82) is 0 Å². The number of fused-ring (bicyclic) bond motifs is 1. The van der Waals surface area contributed by atoms with Crippen molar-refractivity contribution in [3.05, 3.63) is 24.0 Å². The molecule has 1 aromatic carbocycles. The van der Waals surface area contributed by atoms with Gasteiger partial charge < -0.3 is 4.90 Å². The first-order valence-electron chi connectivity index (χ1n) is 8.32. The van der Waals surface area contributed by atoms with Crippen LogP contribution in [0.3, 0.4) is 0 Å². The number of piperazine rings is 1. The summed E-state index contributed by atoms with van der Waals surface area (Å²) >= 11 is 1.40. The first-order valence-corrected chi connectivity index (χ1v) is 9.09. The van der Waals surface area contributed by atoms with E-state index in [0.29, 0.717) is 0 Å². The summed E-state index contributed by atoms with van der Waals surface area (Å²) in [7, 11) is 0. The van der Waals surface area contributed by atoms with Gasteiger partial charge in [-0.05, 0) is 48.6 Å². The maximum Gasteiger partial charge on any atom is 0.150 e. The highest BCUT2D eigenvalue weighted by Crippen LogP contribution is 2.31. The largest absolute Gasteiger partial charge is 0.353 e. The van der Waals surface area contributed by atoms with Crippen LogP contribution < -0.4 is 4.90 Å². The number of hydrogen-bond acceptors (Lipinski definition) is 4. The van der Waals surface area contributed by atoms with Gasteiger partial charge in [0.15, 0.2) is 0 Å². The van der Waals surface area contributed by atoms with E-state index in [4.69, 9.17) is 0 Å². The van der Waals surface area contributed by atoms with Gasteiger partial charge in [0.1, 0.15) is 11.6 Å². The van der Waals surface area contributed by atoms with E-state index in [1.54, 1.807) is 6.07 Å². The Bertz CT molecular complexity index is 644. The zero-order valence-corrected chi connectivity index (χ0v) is 13.6. The number of halogens is 1. The summed E-state index contributed by atoms with van der Waals surface area (Å²) in [5, 5.41) is 1.09. The lowest BCUT2D eigenvalue weighted by Crippen LogP contribution is -2.47. The Morgan fingerprint density at radius 2 is 2.00 bits per heavy atom. The molecule has 22 heavy (non-hydrogen) atoms. The van der Waals surface area contributed by atoms with Gasteiger partial charge in [0.05, 0.1) is 4.70 Å². The Hall–Kier alpha value is -1.20. The molecule has 1 saturated heterocycles. The summed E-state index contributed by atoms with van der Waals surface area (Å²) in [6, 6.07) is 4.99. The number of nitrogens with zero attached hydrogens (tertiary/aromatic N) is 3. The van der Waals surface area contributed by atoms with Gasteiger partial charge in [-0.3, -0.25) is 4.90 Å². The standard InChI is InChI=1S/C17H22FN3S/c18-14-4-5-15-16(12-14)22-19-17(15)21-10-8-20(9-11-21)7-6-13-2-1-3-13/h4-5,12-13H,1-3,6-11H2. The molecule has 4 rings (SSSR count). The predicted molar refractivity (Wildman–Crippen MR) is 90.2 cm³/mol. The minimum atomic E-state index is -0.177. The normalized spacial score (nSPS) is 20.5. The highest BCUT2D eigenvalue weighted by Gasteiger charge is 2.23. The van der Waals surface area contributed by atoms with E-state index in [1.165, 1.54) is 49.8 Å². The summed E-state index contributed by atoms with van der Waals surface area (Å²) in [4.78, 5) is 4.94. The van der Waals surface area contributed by atoms with Crippen LogP contribution in [0.5, 0.6) is 0 Å². The molecule has 2 fully saturated rings. The molecule has 118 valence electrons. The fraction of sp³-hybridized carbons (Fsp3) is 0.588. The van der Waals surface area contributed by atoms with E-state index in [2.05, 4.69) is 14.2 Å². The number of rotatable bonds is 4. The lowest BCUT2D eigenvalue weighted by Gasteiger charge is -2.36. The molecule has 3 nitrogen and oxygen atoms in total. The van der Waals surface area contributed by atoms with Gasteiger partial charge in [-0.2, -0.15) is 4.37 Å². The van der Waals surface area contributed by atoms with Crippen molar-refractivity contribution in [1.82, 2.24) is 9.27 Å². The second-order valence-corrected chi connectivity index (χ2v) is 7.37. The molecule has 0 unspecified atom stereocenters. The van der Waals surface area contributed by atoms with Gasteiger partial charge in [-0.15, -0.1) is 0 Å². The maximum atomic E-state index is 13.3. The Labute approximate surface area is 134 Å². The molecule has 1 aromatic heterocycles. The molecule has 1 aliphatic heterocycles. The minimum Gasteiger partial charge on any atom is -0.353 e. The maximum absolute atomic E-state index is 13.3. The van der Waals surface area contributed by atoms with Crippen molar-refractivity contribution in [3.63, 3.8) is 0 Å². The number of aromatic nitrogens is 1. The first kappa shape index (κ1) is 14.4. The Kier molecular flexibility index (Phi) is 4.01. The van der Waals surface area contributed by atoms with Gasteiger partial charge >= 0.3 is 0 Å². The van der Waals surface area contributed by atoms with Crippen molar-refractivity contribution in [3.8, 4) is 0 Å². The van der Waals surface area contributed by atoms with Crippen LogP contribution >= 0.6 is 11.5 Å². The molecule has 0 radical (unpaired) electrons. The second kappa shape index (κ2) is 6.13. The van der Waals surface area contributed by atoms with Crippen LogP contribution in [0.1, 0.15) is 25.7 Å². The second-order valence-electron chi connectivity index (χ2n) is 6.56. The third-order valence-electron chi connectivity index (χ3n) is 5.17. The van der Waals surface area contributed by atoms with Crippen molar-refractivity contribution in [2.75, 3.05) is 37.6 Å². The van der Waals surface area contributed by atoms with Crippen molar-refractivity contribution < 1.29 is 4.39 Å². The van der Waals surface area contributed by atoms with Crippen molar-refractivity contribution in [2.24, 2.45) is 5.92 Å². The minimum absolute atomic E-state index is 0.177. The van der Waals surface area contributed by atoms with E-state index >= 15 is 0 Å². The molecule has 1 saturated carbocycles. The Balaban J connectivity index is 1.37. The van der Waals surface area contributed by atoms with Crippen molar-refractivity contribution >= 4 is 27.4 Å². The SMILES string of the molecule is Fc1ccc2c(N3CCN(CCC4CCC4)CC3)nsc2c1. The molecule has 2 heterocycles. The molecule has 0 N–H and O–H groups in total. The van der Waals surface area contributed by atoms with Gasteiger partial charge in [0, 0.05) is 31.6 Å². The van der Waals surface area contributed by atoms with Crippen LogP contribution in [0.4, 0.5) is 10.2 Å². The third kappa shape index (κ3) is 2.84. The number of anilines is 1. The zero-order chi connectivity index (χ0) is 14.9. The average molecular weight is 319 g/mol. The molecule has 5 heteroatoms. The van der Waals surface area contributed by atoms with E-state index in [1.807, 2.05) is 6.07 Å². The highest BCUT2D eigenvalue weighted by atomic mass is 32.1. The zero-order valence-electron chi connectivity index (χ0n) is 12.8. The fourth-order valence-corrected chi connectivity index (χ4v) is 4.28. The Morgan fingerprint density at radius 3 is 2.73 bits per heavy atom. The van der Waals surface area contributed by atoms with Crippen LogP contribution in [-0.4, -0.2) is 42.0 Å². The quantitative estimate of drug-likeness (QED) is 0.855. The summed E-state index contributed by atoms with van der Waals surface area (Å²) in [5.41, 5.74) is 0. The summed E-state index contributed by atoms with van der Waals surface area (Å²) in [6.45, 7) is 5.54. The van der Waals surface area contributed by atoms with E-state index < -0.39 is 0 Å². The van der Waals surface area contributed by atoms with E-state index in [9.17, 15) is 4.39 Å². The lowest BCUT2D eigenvalue weighted by molar-refractivity contribution is 0.205. The van der Waals surface area contributed by atoms with Crippen LogP contribution in [0.2, 0.25) is 0 Å². The predicted octanol–water partition coefficient (Wildman–Crippen LogP) is 3.75. The highest BCUT2D eigenvalue weighted by molar-refractivity contribution is 7.13. The van der Waals surface area contributed by atoms with Crippen LogP contribution in [-0.2, 0) is 0 Å². The summed E-state index contributed by atoms with van der Waals surface area (Å²) in [6.07, 6.45) is 5.71. The summed E-state index contributed by atoms with van der Waals surface area (Å²) in [5.74, 6) is 1.86. The van der Waals surface area contributed by atoms with Crippen molar-refractivity contribution in [2.45, 2.75) is 25.7 Å². The lowest BCUT2D eigenvalue weighted by atomic mass is 9.83. The van der Waals surface area contributed by atoms with Crippen LogP contribution in [0.25, 0.3) is 10.1 Å². The molecular formula is C17H22FN3S. The topological polar surface area (TPSA) is 19.4 Å². The molecular weight excluding hydrogens is 297 g/mol. The molecule has 0 atom stereocenters. The van der Waals surface area contributed by atoms with Gasteiger partial charge in [-0.25, -0.2) is 4.39 Å². The Morgan fingerprint density at radius 1 is 1.18 bits per heavy atom. The molecule has 2 aliphatic rings. The van der Waals surface area contributed by atoms with Crippen LogP contribution in [0, 0.1) is 11.7 Å². The molecule has 0 amide bonds. The molecule has 1 aliphatic carbocycles. The third-order valence-corrected chi connectivity index (χ3v) is 5.96. The van der Waals surface area contributed by atoms with E-state index in [-0.39, 0.29) is 5.82 Å². The smallest absolute Gasteiger partial charge is 0.150 e. The monoisotopic (exact) mass is 319 g/mol. The number of benzene rings is 1. The van der Waals surface area contributed by atoms with Gasteiger partial charge in [-0.1, -0.05) is 19.3 Å². The fourth-order valence-electron chi connectivity index (χ4n) is 3.46. The first-order chi connectivity index (χ1) is 10.8. The van der Waals surface area contributed by atoms with Gasteiger partial charge in [0.25, 0.3) is 0 Å². The molecule has 0 spiro atoms. The molecule has 0 bridgehead atoms. The summed E-state index contributed by atoms with van der Waals surface area (Å²) < 4.78 is 18.8. The van der Waals surface area contributed by atoms with Crippen LogP contribution in [0.15, 0.2) is 18.2 Å². The molecule has 2 aromatic rings. The van der Waals surface area contributed by atoms with Gasteiger partial charge in [0.2, 0.25) is 0 Å².